The lowest BCUT2D eigenvalue weighted by atomic mass is 10.2. The highest BCUT2D eigenvalue weighted by Gasteiger charge is 2.17. The Morgan fingerprint density at radius 1 is 1.15 bits per heavy atom. The monoisotopic (exact) mass is 375 g/mol. The summed E-state index contributed by atoms with van der Waals surface area (Å²) < 4.78 is 32.6. The van der Waals surface area contributed by atoms with Gasteiger partial charge in [0.05, 0.1) is 6.54 Å². The molecule has 0 aliphatic carbocycles. The third kappa shape index (κ3) is 4.45. The van der Waals surface area contributed by atoms with Crippen LogP contribution >= 0.6 is 11.8 Å². The van der Waals surface area contributed by atoms with Crippen LogP contribution in [0.5, 0.6) is 0 Å². The normalized spacial score (nSPS) is 10.7. The SMILES string of the molecule is Cc1cccc(CSc2nnc(CNC(=O)c3c(F)cccc3F)o2)c1. The maximum atomic E-state index is 13.6. The van der Waals surface area contributed by atoms with E-state index >= 15 is 0 Å². The Morgan fingerprint density at radius 3 is 2.62 bits per heavy atom. The Bertz CT molecular complexity index is 910. The molecule has 0 radical (unpaired) electrons. The van der Waals surface area contributed by atoms with Crippen molar-refractivity contribution in [2.75, 3.05) is 0 Å². The summed E-state index contributed by atoms with van der Waals surface area (Å²) in [6, 6.07) is 11.3. The van der Waals surface area contributed by atoms with Crippen molar-refractivity contribution in [3.8, 4) is 0 Å². The van der Waals surface area contributed by atoms with E-state index in [1.807, 2.05) is 25.1 Å². The smallest absolute Gasteiger partial charge is 0.276 e. The Hall–Kier alpha value is -2.74. The van der Waals surface area contributed by atoms with Gasteiger partial charge in [0.15, 0.2) is 0 Å². The minimum absolute atomic E-state index is 0.120. The molecule has 0 saturated heterocycles. The molecule has 3 rings (SSSR count). The summed E-state index contributed by atoms with van der Waals surface area (Å²) in [5.41, 5.74) is 1.65. The number of halogens is 2. The molecule has 1 N–H and O–H groups in total. The number of nitrogens with one attached hydrogen (secondary N) is 1. The molecular formula is C18H15F2N3O2S. The zero-order valence-corrected chi connectivity index (χ0v) is 14.6. The summed E-state index contributed by atoms with van der Waals surface area (Å²) in [6.45, 7) is 1.89. The van der Waals surface area contributed by atoms with Crippen LogP contribution in [-0.4, -0.2) is 16.1 Å². The van der Waals surface area contributed by atoms with Gasteiger partial charge < -0.3 is 9.73 Å². The largest absolute Gasteiger partial charge is 0.414 e. The first-order valence-corrected chi connectivity index (χ1v) is 8.74. The second-order valence-electron chi connectivity index (χ2n) is 5.52. The van der Waals surface area contributed by atoms with E-state index in [4.69, 9.17) is 4.42 Å². The average molecular weight is 375 g/mol. The number of hydrogen-bond acceptors (Lipinski definition) is 5. The van der Waals surface area contributed by atoms with E-state index < -0.39 is 23.1 Å². The number of rotatable bonds is 6. The van der Waals surface area contributed by atoms with Gasteiger partial charge in [0.2, 0.25) is 5.89 Å². The van der Waals surface area contributed by atoms with Crippen LogP contribution in [-0.2, 0) is 12.3 Å². The average Bonchev–Trinajstić information content (AvgIpc) is 3.06. The Kier molecular flexibility index (Phi) is 5.62. The Balaban J connectivity index is 1.56. The number of thioether (sulfide) groups is 1. The fourth-order valence-corrected chi connectivity index (χ4v) is 3.00. The molecule has 26 heavy (non-hydrogen) atoms. The number of aryl methyl sites for hydroxylation is 1. The molecule has 1 amide bonds. The molecule has 1 heterocycles. The van der Waals surface area contributed by atoms with Crippen LogP contribution in [0.3, 0.4) is 0 Å². The molecule has 0 bridgehead atoms. The van der Waals surface area contributed by atoms with Crippen LogP contribution in [0.1, 0.15) is 27.4 Å². The first-order valence-electron chi connectivity index (χ1n) is 7.76. The van der Waals surface area contributed by atoms with Crippen LogP contribution in [0.2, 0.25) is 0 Å². The zero-order chi connectivity index (χ0) is 18.5. The van der Waals surface area contributed by atoms with Crippen molar-refractivity contribution >= 4 is 17.7 Å². The van der Waals surface area contributed by atoms with Crippen LogP contribution in [0.4, 0.5) is 8.78 Å². The van der Waals surface area contributed by atoms with E-state index in [0.29, 0.717) is 11.0 Å². The van der Waals surface area contributed by atoms with Crippen molar-refractivity contribution in [3.63, 3.8) is 0 Å². The number of carbonyl (C=O) groups is 1. The molecule has 0 saturated carbocycles. The topological polar surface area (TPSA) is 68.0 Å². The molecule has 3 aromatic rings. The summed E-state index contributed by atoms with van der Waals surface area (Å²) >= 11 is 1.37. The molecule has 0 unspecified atom stereocenters. The molecule has 0 aliphatic rings. The number of nitrogens with zero attached hydrogens (tertiary/aromatic N) is 2. The van der Waals surface area contributed by atoms with Gasteiger partial charge in [0, 0.05) is 5.75 Å². The molecule has 0 atom stereocenters. The third-order valence-electron chi connectivity index (χ3n) is 3.48. The molecule has 8 heteroatoms. The summed E-state index contributed by atoms with van der Waals surface area (Å²) in [6.07, 6.45) is 0. The lowest BCUT2D eigenvalue weighted by Crippen LogP contribution is -2.25. The highest BCUT2D eigenvalue weighted by Crippen LogP contribution is 2.22. The standard InChI is InChI=1S/C18H15F2N3O2S/c1-11-4-2-5-12(8-11)10-26-18-23-22-15(25-18)9-21-17(24)16-13(19)6-3-7-14(16)20/h2-8H,9-10H2,1H3,(H,21,24). The van der Waals surface area contributed by atoms with E-state index in [-0.39, 0.29) is 12.4 Å². The van der Waals surface area contributed by atoms with Crippen LogP contribution < -0.4 is 5.32 Å². The van der Waals surface area contributed by atoms with Gasteiger partial charge in [-0.05, 0) is 24.6 Å². The molecule has 0 aliphatic heterocycles. The van der Waals surface area contributed by atoms with Gasteiger partial charge >= 0.3 is 0 Å². The van der Waals surface area contributed by atoms with Crippen LogP contribution in [0, 0.1) is 18.6 Å². The van der Waals surface area contributed by atoms with Crippen LogP contribution in [0.25, 0.3) is 0 Å². The molecule has 5 nitrogen and oxygen atoms in total. The number of benzene rings is 2. The van der Waals surface area contributed by atoms with Crippen molar-refractivity contribution < 1.29 is 18.0 Å². The number of carbonyl (C=O) groups excluding carboxylic acids is 1. The fourth-order valence-electron chi connectivity index (χ4n) is 2.27. The molecule has 1 aromatic heterocycles. The van der Waals surface area contributed by atoms with Crippen molar-refractivity contribution in [3.05, 3.63) is 76.7 Å². The van der Waals surface area contributed by atoms with Gasteiger partial charge in [-0.3, -0.25) is 4.79 Å². The molecular weight excluding hydrogens is 360 g/mol. The van der Waals surface area contributed by atoms with Gasteiger partial charge in [-0.2, -0.15) is 0 Å². The van der Waals surface area contributed by atoms with Crippen molar-refractivity contribution in [1.29, 1.82) is 0 Å². The fraction of sp³-hybridized carbons (Fsp3) is 0.167. The first-order chi connectivity index (χ1) is 12.5. The van der Waals surface area contributed by atoms with Gasteiger partial charge in [-0.25, -0.2) is 8.78 Å². The van der Waals surface area contributed by atoms with Gasteiger partial charge in [0.1, 0.15) is 17.2 Å². The summed E-state index contributed by atoms with van der Waals surface area (Å²) in [4.78, 5) is 11.9. The zero-order valence-electron chi connectivity index (χ0n) is 13.8. The predicted molar refractivity (Wildman–Crippen MR) is 92.6 cm³/mol. The molecule has 2 aromatic carbocycles. The van der Waals surface area contributed by atoms with Gasteiger partial charge in [0.25, 0.3) is 11.1 Å². The summed E-state index contributed by atoms with van der Waals surface area (Å²) in [5, 5.41) is 10.4. The highest BCUT2D eigenvalue weighted by atomic mass is 32.2. The highest BCUT2D eigenvalue weighted by molar-refractivity contribution is 7.98. The maximum Gasteiger partial charge on any atom is 0.276 e. The number of amides is 1. The maximum absolute atomic E-state index is 13.6. The minimum atomic E-state index is -0.928. The lowest BCUT2D eigenvalue weighted by molar-refractivity contribution is 0.0938. The van der Waals surface area contributed by atoms with E-state index in [1.165, 1.54) is 17.8 Å². The van der Waals surface area contributed by atoms with Crippen molar-refractivity contribution in [2.24, 2.45) is 0 Å². The molecule has 0 spiro atoms. The molecule has 0 fully saturated rings. The predicted octanol–water partition coefficient (Wildman–Crippen LogP) is 3.88. The second kappa shape index (κ2) is 8.09. The van der Waals surface area contributed by atoms with Crippen molar-refractivity contribution in [2.45, 2.75) is 24.4 Å². The van der Waals surface area contributed by atoms with E-state index in [9.17, 15) is 13.6 Å². The van der Waals surface area contributed by atoms with Crippen molar-refractivity contribution in [1.82, 2.24) is 15.5 Å². The summed E-state index contributed by atoms with van der Waals surface area (Å²) in [7, 11) is 0. The van der Waals surface area contributed by atoms with Gasteiger partial charge in [-0.1, -0.05) is 47.7 Å². The first kappa shape index (κ1) is 18.1. The third-order valence-corrected chi connectivity index (χ3v) is 4.37. The number of hydrogen-bond donors (Lipinski definition) is 1. The Morgan fingerprint density at radius 2 is 1.88 bits per heavy atom. The second-order valence-corrected chi connectivity index (χ2v) is 6.45. The Labute approximate surface area is 152 Å². The van der Waals surface area contributed by atoms with E-state index in [2.05, 4.69) is 21.6 Å². The van der Waals surface area contributed by atoms with Gasteiger partial charge in [-0.15, -0.1) is 10.2 Å². The minimum Gasteiger partial charge on any atom is -0.414 e. The quantitative estimate of drug-likeness (QED) is 0.662. The molecule has 134 valence electrons. The lowest BCUT2D eigenvalue weighted by Gasteiger charge is -2.04. The van der Waals surface area contributed by atoms with E-state index in [0.717, 1.165) is 23.3 Å². The number of aromatic nitrogens is 2. The summed E-state index contributed by atoms with van der Waals surface area (Å²) in [5.74, 6) is -1.92. The van der Waals surface area contributed by atoms with E-state index in [1.54, 1.807) is 0 Å². The van der Waals surface area contributed by atoms with Crippen LogP contribution in [0.15, 0.2) is 52.1 Å².